The number of rotatable bonds is 7. The van der Waals surface area contributed by atoms with Gasteiger partial charge in [-0.3, -0.25) is 24.0 Å². The Balaban J connectivity index is 1.35. The highest BCUT2D eigenvalue weighted by molar-refractivity contribution is 6.07. The van der Waals surface area contributed by atoms with Gasteiger partial charge >= 0.3 is 0 Å². The van der Waals surface area contributed by atoms with Crippen molar-refractivity contribution in [1.29, 1.82) is 0 Å². The lowest BCUT2D eigenvalue weighted by molar-refractivity contribution is -0.141. The molecule has 1 saturated heterocycles. The van der Waals surface area contributed by atoms with E-state index in [0.29, 0.717) is 17.7 Å². The number of fused-ring (bicyclic) bond motifs is 5. The fraction of sp³-hybridized carbons (Fsp3) is 0.405. The number of benzene rings is 3. The number of carbonyl (C=O) groups excluding carboxylic acids is 5. The zero-order valence-electron chi connectivity index (χ0n) is 31.8. The molecule has 290 valence electrons. The molecule has 2 aliphatic rings. The summed E-state index contributed by atoms with van der Waals surface area (Å²) in [5.74, 6) is -2.24. The molecule has 3 heterocycles. The number of aromatic amines is 1. The quantitative estimate of drug-likeness (QED) is 0.193. The van der Waals surface area contributed by atoms with Gasteiger partial charge in [-0.1, -0.05) is 68.4 Å². The molecule has 4 atom stereocenters. The molecule has 0 radical (unpaired) electrons. The Kier molecular flexibility index (Phi) is 12.2. The number of aryl methyl sites for hydroxylation is 2. The number of aromatic nitrogens is 1. The molecule has 3 aromatic carbocycles. The molecule has 0 aliphatic carbocycles. The van der Waals surface area contributed by atoms with Crippen molar-refractivity contribution < 1.29 is 33.8 Å². The van der Waals surface area contributed by atoms with Gasteiger partial charge in [0, 0.05) is 43.1 Å². The van der Waals surface area contributed by atoms with E-state index in [9.17, 15) is 29.1 Å². The standard InChI is InChI=1S/C42H50N6O7/c1-25(2)16-17-47-22-37(50)44-34(18-28-10-6-5-7-11-28)40(52)46-35-21-48(41(53)32-15-9-14-31-26(3)27(4)43-39(31)32)20-33(35)29-12-8-13-30(19-29)55-24-38(51)45-36(23-49)42(47)54/h5-15,19,25,33-36,43,49H,16-18,20-24H2,1-4H3,(H,44,50)(H,45,51)(H,46,52)/t33-,34-,35+,36-/m0/s1. The molecule has 0 saturated carbocycles. The molecule has 4 aromatic rings. The van der Waals surface area contributed by atoms with Crippen LogP contribution in [0.4, 0.5) is 0 Å². The van der Waals surface area contributed by atoms with Crippen LogP contribution < -0.4 is 20.7 Å². The van der Waals surface area contributed by atoms with E-state index in [1.54, 1.807) is 29.2 Å². The molecule has 0 spiro atoms. The summed E-state index contributed by atoms with van der Waals surface area (Å²) in [6.45, 7) is 7.11. The lowest BCUT2D eigenvalue weighted by Crippen LogP contribution is -2.56. The second-order valence-corrected chi connectivity index (χ2v) is 15.0. The predicted molar refractivity (Wildman–Crippen MR) is 207 cm³/mol. The van der Waals surface area contributed by atoms with Crippen molar-refractivity contribution in [3.05, 3.63) is 101 Å². The Morgan fingerprint density at radius 1 is 0.891 bits per heavy atom. The normalized spacial score (nSPS) is 21.3. The second kappa shape index (κ2) is 17.2. The van der Waals surface area contributed by atoms with Crippen molar-refractivity contribution in [2.45, 2.75) is 64.6 Å². The van der Waals surface area contributed by atoms with Gasteiger partial charge in [0.1, 0.15) is 17.8 Å². The van der Waals surface area contributed by atoms with Crippen LogP contribution >= 0.6 is 0 Å². The van der Waals surface area contributed by atoms with Crippen LogP contribution in [0.1, 0.15) is 58.9 Å². The van der Waals surface area contributed by atoms with Crippen LogP contribution in [0.5, 0.6) is 5.75 Å². The van der Waals surface area contributed by atoms with Crippen molar-refractivity contribution >= 4 is 40.4 Å². The maximum absolute atomic E-state index is 14.4. The monoisotopic (exact) mass is 750 g/mol. The zero-order valence-corrected chi connectivity index (χ0v) is 31.8. The third-order valence-corrected chi connectivity index (χ3v) is 10.5. The van der Waals surface area contributed by atoms with Gasteiger partial charge in [-0.2, -0.15) is 0 Å². The fourth-order valence-electron chi connectivity index (χ4n) is 7.35. The highest BCUT2D eigenvalue weighted by Crippen LogP contribution is 2.33. The average molecular weight is 751 g/mol. The summed E-state index contributed by atoms with van der Waals surface area (Å²) >= 11 is 0. The molecule has 2 aliphatic heterocycles. The van der Waals surface area contributed by atoms with E-state index in [1.807, 2.05) is 76.2 Å². The summed E-state index contributed by atoms with van der Waals surface area (Å²) in [6.07, 6.45) is 0.735. The number of amides is 5. The van der Waals surface area contributed by atoms with Gasteiger partial charge < -0.3 is 40.6 Å². The minimum atomic E-state index is -1.31. The van der Waals surface area contributed by atoms with Crippen molar-refractivity contribution in [3.8, 4) is 5.75 Å². The van der Waals surface area contributed by atoms with Crippen molar-refractivity contribution in [2.24, 2.45) is 5.92 Å². The van der Waals surface area contributed by atoms with Gasteiger partial charge in [0.25, 0.3) is 11.8 Å². The number of carbonyl (C=O) groups is 5. The van der Waals surface area contributed by atoms with E-state index < -0.39 is 61.5 Å². The van der Waals surface area contributed by atoms with Crippen LogP contribution in [0, 0.1) is 19.8 Å². The Morgan fingerprint density at radius 3 is 2.38 bits per heavy atom. The van der Waals surface area contributed by atoms with Gasteiger partial charge in [-0.15, -0.1) is 0 Å². The SMILES string of the molecule is Cc1[nH]c2c(C(=O)N3C[C@H]4NC(=O)[C@H](Cc5ccccc5)NC(=O)CN(CCC(C)C)C(=O)[C@H](CO)NC(=O)COc5cccc(c5)[C@@H]4C3)cccc2c1C. The largest absolute Gasteiger partial charge is 0.484 e. The maximum Gasteiger partial charge on any atom is 0.258 e. The molecular formula is C42H50N6O7. The molecule has 13 nitrogen and oxygen atoms in total. The summed E-state index contributed by atoms with van der Waals surface area (Å²) in [6, 6.07) is 19.2. The number of ether oxygens (including phenoxy) is 1. The van der Waals surface area contributed by atoms with E-state index in [2.05, 4.69) is 20.9 Å². The third kappa shape index (κ3) is 9.17. The molecule has 0 unspecified atom stereocenters. The Labute approximate surface area is 320 Å². The predicted octanol–water partition coefficient (Wildman–Crippen LogP) is 2.98. The first-order valence-corrected chi connectivity index (χ1v) is 18.8. The van der Waals surface area contributed by atoms with Crippen molar-refractivity contribution in [3.63, 3.8) is 0 Å². The topological polar surface area (TPSA) is 173 Å². The first kappa shape index (κ1) is 39.0. The fourth-order valence-corrected chi connectivity index (χ4v) is 7.35. The number of H-pyrrole nitrogens is 1. The molecule has 5 amide bonds. The highest BCUT2D eigenvalue weighted by Gasteiger charge is 2.39. The lowest BCUT2D eigenvalue weighted by atomic mass is 9.93. The summed E-state index contributed by atoms with van der Waals surface area (Å²) in [5.41, 5.74) is 4.92. The molecule has 1 fully saturated rings. The first-order valence-electron chi connectivity index (χ1n) is 18.8. The molecule has 1 aromatic heterocycles. The molecule has 2 bridgehead atoms. The summed E-state index contributed by atoms with van der Waals surface area (Å²) in [7, 11) is 0. The molecular weight excluding hydrogens is 700 g/mol. The van der Waals surface area contributed by atoms with E-state index in [4.69, 9.17) is 4.74 Å². The minimum Gasteiger partial charge on any atom is -0.484 e. The van der Waals surface area contributed by atoms with Crippen LogP contribution in [0.15, 0.2) is 72.8 Å². The number of nitrogens with zero attached hydrogens (tertiary/aromatic N) is 2. The Morgan fingerprint density at radius 2 is 1.64 bits per heavy atom. The smallest absolute Gasteiger partial charge is 0.258 e. The van der Waals surface area contributed by atoms with Crippen LogP contribution in [0.3, 0.4) is 0 Å². The van der Waals surface area contributed by atoms with Gasteiger partial charge in [0.2, 0.25) is 17.7 Å². The van der Waals surface area contributed by atoms with Crippen LogP contribution in [0.25, 0.3) is 10.9 Å². The van der Waals surface area contributed by atoms with E-state index in [-0.39, 0.29) is 43.8 Å². The molecule has 13 heteroatoms. The number of aliphatic hydroxyl groups excluding tert-OH is 1. The highest BCUT2D eigenvalue weighted by atomic mass is 16.5. The zero-order chi connectivity index (χ0) is 39.2. The van der Waals surface area contributed by atoms with Crippen LogP contribution in [-0.4, -0.2) is 107 Å². The average Bonchev–Trinajstić information content (AvgIpc) is 3.73. The van der Waals surface area contributed by atoms with Crippen molar-refractivity contribution in [2.75, 3.05) is 39.4 Å². The Hall–Kier alpha value is -5.69. The minimum absolute atomic E-state index is 0.171. The number of hydrogen-bond acceptors (Lipinski definition) is 7. The first-order chi connectivity index (χ1) is 26.4. The van der Waals surface area contributed by atoms with E-state index >= 15 is 0 Å². The van der Waals surface area contributed by atoms with E-state index in [1.165, 1.54) is 4.90 Å². The third-order valence-electron chi connectivity index (χ3n) is 10.5. The maximum atomic E-state index is 14.4. The number of hydrogen-bond donors (Lipinski definition) is 5. The summed E-state index contributed by atoms with van der Waals surface area (Å²) in [4.78, 5) is 75.5. The lowest BCUT2D eigenvalue weighted by Gasteiger charge is -2.29. The summed E-state index contributed by atoms with van der Waals surface area (Å²) in [5, 5.41) is 19.7. The van der Waals surface area contributed by atoms with Gasteiger partial charge in [0.15, 0.2) is 6.61 Å². The van der Waals surface area contributed by atoms with Crippen molar-refractivity contribution in [1.82, 2.24) is 30.7 Å². The number of nitrogens with one attached hydrogen (secondary N) is 4. The summed E-state index contributed by atoms with van der Waals surface area (Å²) < 4.78 is 5.86. The van der Waals surface area contributed by atoms with Gasteiger partial charge in [0.05, 0.1) is 30.3 Å². The van der Waals surface area contributed by atoms with E-state index in [0.717, 1.165) is 33.3 Å². The molecule has 6 rings (SSSR count). The number of para-hydroxylation sites is 1. The molecule has 5 N–H and O–H groups in total. The number of likely N-dealkylation sites (tertiary alicyclic amines) is 1. The molecule has 55 heavy (non-hydrogen) atoms. The Bertz CT molecular complexity index is 2050. The van der Waals surface area contributed by atoms with Gasteiger partial charge in [-0.25, -0.2) is 0 Å². The number of aliphatic hydroxyl groups is 1. The van der Waals surface area contributed by atoms with Crippen LogP contribution in [0.2, 0.25) is 0 Å². The van der Waals surface area contributed by atoms with Crippen LogP contribution in [-0.2, 0) is 25.6 Å². The second-order valence-electron chi connectivity index (χ2n) is 15.0. The van der Waals surface area contributed by atoms with Gasteiger partial charge in [-0.05, 0) is 61.1 Å².